The molecule has 0 aliphatic heterocycles. The number of benzene rings is 1. The van der Waals surface area contributed by atoms with Gasteiger partial charge in [-0.1, -0.05) is 49.6 Å². The van der Waals surface area contributed by atoms with E-state index < -0.39 is 0 Å². The normalized spacial score (nSPS) is 11.9. The molecule has 0 saturated carbocycles. The summed E-state index contributed by atoms with van der Waals surface area (Å²) >= 11 is 8.75. The molecule has 0 bridgehead atoms. The number of hydrogen-bond donors (Lipinski definition) is 2. The van der Waals surface area contributed by atoms with E-state index in [1.165, 1.54) is 0 Å². The second-order valence-corrected chi connectivity index (χ2v) is 3.69. The van der Waals surface area contributed by atoms with Gasteiger partial charge < -0.3 is 0 Å². The summed E-state index contributed by atoms with van der Waals surface area (Å²) < 4.78 is 0. The van der Waals surface area contributed by atoms with E-state index in [1.54, 1.807) is 6.08 Å². The summed E-state index contributed by atoms with van der Waals surface area (Å²) in [5.41, 5.74) is 1.81. The van der Waals surface area contributed by atoms with Crippen LogP contribution < -0.4 is 0 Å². The molecule has 2 heteroatoms. The molecule has 0 fully saturated rings. The van der Waals surface area contributed by atoms with E-state index in [2.05, 4.69) is 38.4 Å². The quantitative estimate of drug-likeness (QED) is 0.559. The third-order valence-corrected chi connectivity index (χ3v) is 2.99. The van der Waals surface area contributed by atoms with E-state index in [-0.39, 0.29) is 0 Å². The van der Waals surface area contributed by atoms with Crippen molar-refractivity contribution < 1.29 is 0 Å². The molecule has 0 heterocycles. The van der Waals surface area contributed by atoms with Gasteiger partial charge in [0.2, 0.25) is 0 Å². The SMILES string of the molecule is C=CC(=C)/C(S)=C(/S)c1ccccc1. The first-order chi connectivity index (χ1) is 6.66. The third-order valence-electron chi connectivity index (χ3n) is 1.82. The van der Waals surface area contributed by atoms with Crippen molar-refractivity contribution in [3.63, 3.8) is 0 Å². The van der Waals surface area contributed by atoms with Gasteiger partial charge in [-0.05, 0) is 11.1 Å². The van der Waals surface area contributed by atoms with Crippen LogP contribution in [0, 0.1) is 0 Å². The topological polar surface area (TPSA) is 0 Å². The third kappa shape index (κ3) is 2.56. The molecule has 1 rings (SSSR count). The van der Waals surface area contributed by atoms with Crippen LogP contribution in [0.4, 0.5) is 0 Å². The van der Waals surface area contributed by atoms with E-state index in [0.29, 0.717) is 0 Å². The van der Waals surface area contributed by atoms with Crippen LogP contribution in [-0.4, -0.2) is 0 Å². The van der Waals surface area contributed by atoms with Crippen LogP contribution >= 0.6 is 25.3 Å². The molecule has 0 N–H and O–H groups in total. The van der Waals surface area contributed by atoms with Crippen molar-refractivity contribution in [2.45, 2.75) is 0 Å². The van der Waals surface area contributed by atoms with Crippen molar-refractivity contribution in [3.8, 4) is 0 Å². The molecule has 0 atom stereocenters. The first kappa shape index (κ1) is 11.2. The van der Waals surface area contributed by atoms with Gasteiger partial charge in [0.05, 0.1) is 0 Å². The van der Waals surface area contributed by atoms with Crippen molar-refractivity contribution in [2.24, 2.45) is 0 Å². The monoisotopic (exact) mass is 220 g/mol. The van der Waals surface area contributed by atoms with Gasteiger partial charge >= 0.3 is 0 Å². The zero-order chi connectivity index (χ0) is 10.6. The van der Waals surface area contributed by atoms with E-state index in [4.69, 9.17) is 0 Å². The number of rotatable bonds is 3. The molecular formula is C12H12S2. The minimum absolute atomic E-state index is 0.759. The molecule has 0 aromatic heterocycles. The second kappa shape index (κ2) is 5.13. The molecule has 0 spiro atoms. The van der Waals surface area contributed by atoms with Crippen molar-refractivity contribution >= 4 is 30.2 Å². The highest BCUT2D eigenvalue weighted by atomic mass is 32.1. The first-order valence-electron chi connectivity index (χ1n) is 4.16. The first-order valence-corrected chi connectivity index (χ1v) is 5.05. The summed E-state index contributed by atoms with van der Waals surface area (Å²) in [6.45, 7) is 7.46. The van der Waals surface area contributed by atoms with Crippen LogP contribution in [0.25, 0.3) is 4.91 Å². The van der Waals surface area contributed by atoms with Gasteiger partial charge in [-0.3, -0.25) is 0 Å². The number of thiol groups is 2. The summed E-state index contributed by atoms with van der Waals surface area (Å²) in [4.78, 5) is 1.58. The van der Waals surface area contributed by atoms with Gasteiger partial charge in [-0.25, -0.2) is 0 Å². The molecule has 0 nitrogen and oxygen atoms in total. The average Bonchev–Trinajstić information content (AvgIpc) is 2.27. The standard InChI is InChI=1S/C12H12S2/c1-3-9(2)11(13)12(14)10-7-5-4-6-8-10/h3-8,13-14H,1-2H2/b12-11-. The van der Waals surface area contributed by atoms with E-state index >= 15 is 0 Å². The minimum Gasteiger partial charge on any atom is -0.142 e. The molecule has 0 saturated heterocycles. The molecule has 0 radical (unpaired) electrons. The zero-order valence-electron chi connectivity index (χ0n) is 7.77. The molecule has 72 valence electrons. The smallest absolute Gasteiger partial charge is 0.0252 e. The van der Waals surface area contributed by atoms with Crippen molar-refractivity contribution in [1.82, 2.24) is 0 Å². The Morgan fingerprint density at radius 1 is 1.14 bits per heavy atom. The van der Waals surface area contributed by atoms with Crippen LogP contribution in [0.15, 0.2) is 60.0 Å². The molecule has 1 aromatic carbocycles. The van der Waals surface area contributed by atoms with E-state index in [9.17, 15) is 0 Å². The highest BCUT2D eigenvalue weighted by Crippen LogP contribution is 2.28. The van der Waals surface area contributed by atoms with Crippen molar-refractivity contribution in [2.75, 3.05) is 0 Å². The molecular weight excluding hydrogens is 208 g/mol. The predicted octanol–water partition coefficient (Wildman–Crippen LogP) is 3.96. The lowest BCUT2D eigenvalue weighted by Gasteiger charge is -2.05. The van der Waals surface area contributed by atoms with Gasteiger partial charge in [0, 0.05) is 9.81 Å². The van der Waals surface area contributed by atoms with Crippen LogP contribution in [-0.2, 0) is 0 Å². The second-order valence-electron chi connectivity index (χ2n) is 2.79. The van der Waals surface area contributed by atoms with Gasteiger partial charge in [0.1, 0.15) is 0 Å². The molecule has 1 aromatic rings. The Kier molecular flexibility index (Phi) is 4.11. The van der Waals surface area contributed by atoms with Gasteiger partial charge in [0.25, 0.3) is 0 Å². The van der Waals surface area contributed by atoms with Gasteiger partial charge in [-0.2, -0.15) is 0 Å². The molecule has 14 heavy (non-hydrogen) atoms. The summed E-state index contributed by atoms with van der Waals surface area (Å²) in [6, 6.07) is 9.85. The zero-order valence-corrected chi connectivity index (χ0v) is 9.56. The van der Waals surface area contributed by atoms with E-state index in [0.717, 1.165) is 20.9 Å². The van der Waals surface area contributed by atoms with Gasteiger partial charge in [0.15, 0.2) is 0 Å². The molecule has 0 unspecified atom stereocenters. The minimum atomic E-state index is 0.759. The maximum atomic E-state index is 4.40. The summed E-state index contributed by atoms with van der Waals surface area (Å²) in [5.74, 6) is 0. The maximum Gasteiger partial charge on any atom is 0.0252 e. The lowest BCUT2D eigenvalue weighted by molar-refractivity contribution is 1.63. The lowest BCUT2D eigenvalue weighted by atomic mass is 10.1. The Bertz CT molecular complexity index is 375. The summed E-state index contributed by atoms with van der Waals surface area (Å²) in [6.07, 6.45) is 1.67. The van der Waals surface area contributed by atoms with Crippen molar-refractivity contribution in [1.29, 1.82) is 0 Å². The fourth-order valence-electron chi connectivity index (χ4n) is 0.981. The Morgan fingerprint density at radius 2 is 1.71 bits per heavy atom. The Labute approximate surface area is 95.9 Å². The fourth-order valence-corrected chi connectivity index (χ4v) is 1.49. The maximum absolute atomic E-state index is 4.40. The molecule has 0 amide bonds. The predicted molar refractivity (Wildman–Crippen MR) is 70.7 cm³/mol. The van der Waals surface area contributed by atoms with Crippen LogP contribution in [0.3, 0.4) is 0 Å². The largest absolute Gasteiger partial charge is 0.142 e. The van der Waals surface area contributed by atoms with Gasteiger partial charge in [-0.15, -0.1) is 25.3 Å². The number of allylic oxidation sites excluding steroid dienone is 2. The summed E-state index contributed by atoms with van der Waals surface area (Å²) in [7, 11) is 0. The highest BCUT2D eigenvalue weighted by molar-refractivity contribution is 7.93. The Balaban J connectivity index is 3.11. The highest BCUT2D eigenvalue weighted by Gasteiger charge is 2.02. The molecule has 0 aliphatic rings. The lowest BCUT2D eigenvalue weighted by Crippen LogP contribution is -1.82. The fraction of sp³-hybridized carbons (Fsp3) is 0. The van der Waals surface area contributed by atoms with E-state index in [1.807, 2.05) is 30.3 Å². The average molecular weight is 220 g/mol. The van der Waals surface area contributed by atoms with Crippen LogP contribution in [0.2, 0.25) is 0 Å². The van der Waals surface area contributed by atoms with Crippen LogP contribution in [0.5, 0.6) is 0 Å². The van der Waals surface area contributed by atoms with Crippen molar-refractivity contribution in [3.05, 3.63) is 65.6 Å². The summed E-state index contributed by atoms with van der Waals surface area (Å²) in [5, 5.41) is 0. The molecule has 0 aliphatic carbocycles. The Morgan fingerprint density at radius 3 is 2.21 bits per heavy atom. The van der Waals surface area contributed by atoms with Crippen LogP contribution in [0.1, 0.15) is 5.56 Å². The Hall–Kier alpha value is -0.860. The number of hydrogen-bond acceptors (Lipinski definition) is 2.